The lowest BCUT2D eigenvalue weighted by Gasteiger charge is -2.14. The van der Waals surface area contributed by atoms with E-state index >= 15 is 0 Å². The summed E-state index contributed by atoms with van der Waals surface area (Å²) >= 11 is 4.52. The Labute approximate surface area is 120 Å². The average molecular weight is 273 g/mol. The standard InChI is InChI=1S/C16H19NOS/c1-13-7-9-14(10-8-13)17-11-16(19)12-18-15-5-3-2-4-6-15/h2-10,16-17,19H,11-12H2,1H3. The number of rotatable bonds is 6. The summed E-state index contributed by atoms with van der Waals surface area (Å²) < 4.78 is 5.66. The molecule has 0 aliphatic carbocycles. The summed E-state index contributed by atoms with van der Waals surface area (Å²) in [6.07, 6.45) is 0. The van der Waals surface area contributed by atoms with Gasteiger partial charge in [0.15, 0.2) is 0 Å². The van der Waals surface area contributed by atoms with Crippen LogP contribution in [-0.4, -0.2) is 18.4 Å². The molecule has 0 radical (unpaired) electrons. The number of ether oxygens (including phenoxy) is 1. The molecule has 2 aromatic carbocycles. The molecule has 0 amide bonds. The second kappa shape index (κ2) is 7.10. The third-order valence-corrected chi connectivity index (χ3v) is 3.11. The largest absolute Gasteiger partial charge is 0.492 e. The lowest BCUT2D eigenvalue weighted by Crippen LogP contribution is -2.21. The van der Waals surface area contributed by atoms with Crippen molar-refractivity contribution in [2.24, 2.45) is 0 Å². The Bertz CT molecular complexity index is 484. The second-order valence-electron chi connectivity index (χ2n) is 4.52. The maximum absolute atomic E-state index is 5.66. The van der Waals surface area contributed by atoms with Crippen molar-refractivity contribution >= 4 is 18.3 Å². The third kappa shape index (κ3) is 4.87. The van der Waals surface area contributed by atoms with E-state index in [2.05, 4.69) is 49.1 Å². The molecular weight excluding hydrogens is 254 g/mol. The molecule has 0 heterocycles. The minimum absolute atomic E-state index is 0.154. The molecule has 0 spiro atoms. The molecule has 3 heteroatoms. The maximum atomic E-state index is 5.66. The molecule has 0 aliphatic rings. The maximum Gasteiger partial charge on any atom is 0.119 e. The van der Waals surface area contributed by atoms with Gasteiger partial charge in [-0.25, -0.2) is 0 Å². The highest BCUT2D eigenvalue weighted by atomic mass is 32.1. The van der Waals surface area contributed by atoms with Crippen LogP contribution in [0.1, 0.15) is 5.56 Å². The van der Waals surface area contributed by atoms with Gasteiger partial charge >= 0.3 is 0 Å². The number of anilines is 1. The Morgan fingerprint density at radius 2 is 1.74 bits per heavy atom. The van der Waals surface area contributed by atoms with E-state index < -0.39 is 0 Å². The van der Waals surface area contributed by atoms with Crippen LogP contribution in [0.4, 0.5) is 5.69 Å². The number of benzene rings is 2. The van der Waals surface area contributed by atoms with E-state index in [1.165, 1.54) is 5.56 Å². The summed E-state index contributed by atoms with van der Waals surface area (Å²) in [7, 11) is 0. The highest BCUT2D eigenvalue weighted by molar-refractivity contribution is 7.81. The van der Waals surface area contributed by atoms with Gasteiger partial charge in [0, 0.05) is 12.2 Å². The first kappa shape index (κ1) is 13.8. The molecular formula is C16H19NOS. The Kier molecular flexibility index (Phi) is 5.16. The van der Waals surface area contributed by atoms with E-state index in [4.69, 9.17) is 4.74 Å². The van der Waals surface area contributed by atoms with E-state index in [-0.39, 0.29) is 5.25 Å². The Balaban J connectivity index is 1.72. The van der Waals surface area contributed by atoms with Gasteiger partial charge in [0.05, 0.1) is 5.25 Å². The van der Waals surface area contributed by atoms with Crippen LogP contribution in [0.15, 0.2) is 54.6 Å². The lowest BCUT2D eigenvalue weighted by molar-refractivity contribution is 0.320. The smallest absolute Gasteiger partial charge is 0.119 e. The SMILES string of the molecule is Cc1ccc(NCC(S)COc2ccccc2)cc1. The molecule has 19 heavy (non-hydrogen) atoms. The fourth-order valence-corrected chi connectivity index (χ4v) is 1.84. The Morgan fingerprint density at radius 1 is 1.05 bits per heavy atom. The zero-order chi connectivity index (χ0) is 13.5. The van der Waals surface area contributed by atoms with Gasteiger partial charge in [0.2, 0.25) is 0 Å². The average Bonchev–Trinajstić information content (AvgIpc) is 2.45. The fourth-order valence-electron chi connectivity index (χ4n) is 1.68. The minimum Gasteiger partial charge on any atom is -0.492 e. The predicted octanol–water partition coefficient (Wildman–Crippen LogP) is 3.78. The van der Waals surface area contributed by atoms with E-state index in [0.717, 1.165) is 18.0 Å². The van der Waals surface area contributed by atoms with Gasteiger partial charge in [-0.1, -0.05) is 35.9 Å². The van der Waals surface area contributed by atoms with Crippen LogP contribution < -0.4 is 10.1 Å². The van der Waals surface area contributed by atoms with Gasteiger partial charge in [0.1, 0.15) is 12.4 Å². The molecule has 0 saturated heterocycles. The molecule has 0 saturated carbocycles. The van der Waals surface area contributed by atoms with Crippen molar-refractivity contribution in [2.75, 3.05) is 18.5 Å². The van der Waals surface area contributed by atoms with Crippen molar-refractivity contribution in [3.8, 4) is 5.75 Å². The van der Waals surface area contributed by atoms with Gasteiger partial charge in [-0.05, 0) is 31.2 Å². The second-order valence-corrected chi connectivity index (χ2v) is 5.26. The van der Waals surface area contributed by atoms with Crippen LogP contribution >= 0.6 is 12.6 Å². The Hall–Kier alpha value is -1.61. The van der Waals surface area contributed by atoms with Gasteiger partial charge in [-0.3, -0.25) is 0 Å². The first-order valence-electron chi connectivity index (χ1n) is 6.40. The topological polar surface area (TPSA) is 21.3 Å². The number of para-hydroxylation sites is 1. The number of hydrogen-bond acceptors (Lipinski definition) is 3. The number of nitrogens with one attached hydrogen (secondary N) is 1. The van der Waals surface area contributed by atoms with Gasteiger partial charge < -0.3 is 10.1 Å². The summed E-state index contributed by atoms with van der Waals surface area (Å²) in [6.45, 7) is 3.45. The van der Waals surface area contributed by atoms with Crippen molar-refractivity contribution < 1.29 is 4.74 Å². The van der Waals surface area contributed by atoms with Crippen molar-refractivity contribution in [2.45, 2.75) is 12.2 Å². The quantitative estimate of drug-likeness (QED) is 0.782. The monoisotopic (exact) mass is 273 g/mol. The molecule has 0 bridgehead atoms. The van der Waals surface area contributed by atoms with Crippen molar-refractivity contribution in [1.29, 1.82) is 0 Å². The van der Waals surface area contributed by atoms with E-state index in [1.54, 1.807) is 0 Å². The molecule has 0 aliphatic heterocycles. The molecule has 0 fully saturated rings. The number of hydrogen-bond donors (Lipinski definition) is 2. The first-order valence-corrected chi connectivity index (χ1v) is 6.92. The van der Waals surface area contributed by atoms with Crippen LogP contribution in [0.3, 0.4) is 0 Å². The molecule has 2 nitrogen and oxygen atoms in total. The normalized spacial score (nSPS) is 11.9. The highest BCUT2D eigenvalue weighted by Gasteiger charge is 2.04. The lowest BCUT2D eigenvalue weighted by atomic mass is 10.2. The van der Waals surface area contributed by atoms with Crippen LogP contribution in [0.25, 0.3) is 0 Å². The molecule has 2 rings (SSSR count). The molecule has 2 aromatic rings. The third-order valence-electron chi connectivity index (χ3n) is 2.78. The van der Waals surface area contributed by atoms with Crippen LogP contribution in [0, 0.1) is 6.92 Å². The van der Waals surface area contributed by atoms with Crippen LogP contribution in [-0.2, 0) is 0 Å². The van der Waals surface area contributed by atoms with Crippen LogP contribution in [0.2, 0.25) is 0 Å². The van der Waals surface area contributed by atoms with E-state index in [9.17, 15) is 0 Å². The summed E-state index contributed by atoms with van der Waals surface area (Å²) in [4.78, 5) is 0. The van der Waals surface area contributed by atoms with E-state index in [1.807, 2.05) is 30.3 Å². The molecule has 100 valence electrons. The molecule has 1 N–H and O–H groups in total. The molecule has 1 unspecified atom stereocenters. The van der Waals surface area contributed by atoms with Crippen molar-refractivity contribution in [3.05, 3.63) is 60.2 Å². The van der Waals surface area contributed by atoms with Gasteiger partial charge in [0.25, 0.3) is 0 Å². The Morgan fingerprint density at radius 3 is 2.42 bits per heavy atom. The van der Waals surface area contributed by atoms with Gasteiger partial charge in [-0.15, -0.1) is 0 Å². The fraction of sp³-hybridized carbons (Fsp3) is 0.250. The zero-order valence-corrected chi connectivity index (χ0v) is 11.9. The van der Waals surface area contributed by atoms with Gasteiger partial charge in [-0.2, -0.15) is 12.6 Å². The van der Waals surface area contributed by atoms with E-state index in [0.29, 0.717) is 6.61 Å². The first-order chi connectivity index (χ1) is 9.24. The zero-order valence-electron chi connectivity index (χ0n) is 11.0. The van der Waals surface area contributed by atoms with Crippen molar-refractivity contribution in [1.82, 2.24) is 0 Å². The summed E-state index contributed by atoms with van der Waals surface area (Å²) in [6, 6.07) is 18.2. The minimum atomic E-state index is 0.154. The summed E-state index contributed by atoms with van der Waals surface area (Å²) in [5.74, 6) is 0.886. The molecule has 1 atom stereocenters. The summed E-state index contributed by atoms with van der Waals surface area (Å²) in [5.41, 5.74) is 2.38. The van der Waals surface area contributed by atoms with Crippen molar-refractivity contribution in [3.63, 3.8) is 0 Å². The number of aryl methyl sites for hydroxylation is 1. The number of thiol groups is 1. The summed E-state index contributed by atoms with van der Waals surface area (Å²) in [5, 5.41) is 3.51. The predicted molar refractivity (Wildman–Crippen MR) is 84.4 cm³/mol. The highest BCUT2D eigenvalue weighted by Crippen LogP contribution is 2.12. The van der Waals surface area contributed by atoms with Crippen LogP contribution in [0.5, 0.6) is 5.75 Å². The molecule has 0 aromatic heterocycles.